The Kier molecular flexibility index (Phi) is 15.9. The van der Waals surface area contributed by atoms with E-state index >= 15 is 0 Å². The second-order valence-electron chi connectivity index (χ2n) is 10.2. The topological polar surface area (TPSA) is 241 Å². The Hall–Kier alpha value is -3.71. The summed E-state index contributed by atoms with van der Waals surface area (Å²) in [4.78, 5) is 55.1. The highest BCUT2D eigenvalue weighted by atomic mass is 16.4. The van der Waals surface area contributed by atoms with Crippen LogP contribution in [0.4, 0.5) is 0 Å². The van der Waals surface area contributed by atoms with E-state index < -0.39 is 47.9 Å². The second-order valence-corrected chi connectivity index (χ2v) is 10.2. The van der Waals surface area contributed by atoms with E-state index in [1.54, 1.807) is 30.3 Å². The summed E-state index contributed by atoms with van der Waals surface area (Å²) in [6, 6.07) is 4.80. The van der Waals surface area contributed by atoms with E-state index in [9.17, 15) is 24.3 Å². The number of aliphatic carboxylic acids is 1. The van der Waals surface area contributed by atoms with Crippen LogP contribution >= 0.6 is 0 Å². The van der Waals surface area contributed by atoms with Crippen molar-refractivity contribution in [2.75, 3.05) is 13.1 Å². The van der Waals surface area contributed by atoms with Gasteiger partial charge in [0.05, 0.1) is 6.04 Å². The van der Waals surface area contributed by atoms with E-state index in [-0.39, 0.29) is 37.7 Å². The average Bonchev–Trinajstić information content (AvgIpc) is 2.89. The smallest absolute Gasteiger partial charge is 0.326 e. The molecule has 0 aliphatic rings. The molecule has 0 radical (unpaired) electrons. The molecule has 1 aromatic rings. The molecule has 4 atom stereocenters. The van der Waals surface area contributed by atoms with Crippen molar-refractivity contribution in [3.05, 3.63) is 35.9 Å². The Bertz CT molecular complexity index is 969. The first kappa shape index (κ1) is 34.3. The van der Waals surface area contributed by atoms with Crippen molar-refractivity contribution in [3.8, 4) is 0 Å². The van der Waals surface area contributed by atoms with Gasteiger partial charge in [-0.15, -0.1) is 0 Å². The van der Waals surface area contributed by atoms with Crippen molar-refractivity contribution in [3.63, 3.8) is 0 Å². The van der Waals surface area contributed by atoms with E-state index in [0.29, 0.717) is 32.2 Å². The molecule has 1 aromatic carbocycles. The highest BCUT2D eigenvalue weighted by Gasteiger charge is 2.30. The predicted molar refractivity (Wildman–Crippen MR) is 154 cm³/mol. The first-order valence-corrected chi connectivity index (χ1v) is 13.6. The molecular formula is C27H46N8O5. The lowest BCUT2D eigenvalue weighted by atomic mass is 10.0. The molecule has 0 aliphatic heterocycles. The summed E-state index contributed by atoms with van der Waals surface area (Å²) < 4.78 is 0. The van der Waals surface area contributed by atoms with Crippen LogP contribution in [0, 0.1) is 5.92 Å². The number of carbonyl (C=O) groups is 4. The standard InChI is InChI=1S/C27H46N8O5/c1-17(2)15-19(29)23(36)33-20(11-6-7-13-28)24(37)34-21(12-8-14-32-27(30)31)25(38)35-22(26(39)40)16-18-9-4-3-5-10-18/h3-5,9-10,17,19-22H,6-8,11-16,28-29H2,1-2H3,(H,33,36)(H,34,37)(H,35,38)(H,39,40)(H4,30,31,32). The van der Waals surface area contributed by atoms with Crippen molar-refractivity contribution >= 4 is 29.7 Å². The molecule has 0 aromatic heterocycles. The van der Waals surface area contributed by atoms with Gasteiger partial charge in [-0.2, -0.15) is 0 Å². The van der Waals surface area contributed by atoms with E-state index in [2.05, 4.69) is 20.9 Å². The molecular weight excluding hydrogens is 516 g/mol. The van der Waals surface area contributed by atoms with E-state index in [4.69, 9.17) is 22.9 Å². The summed E-state index contributed by atoms with van der Waals surface area (Å²) in [6.07, 6.45) is 2.45. The van der Waals surface area contributed by atoms with Gasteiger partial charge in [0.1, 0.15) is 18.1 Å². The summed E-state index contributed by atoms with van der Waals surface area (Å²) in [5.41, 5.74) is 23.1. The van der Waals surface area contributed by atoms with Crippen LogP contribution in [0.5, 0.6) is 0 Å². The minimum atomic E-state index is -1.22. The fourth-order valence-corrected chi connectivity index (χ4v) is 4.02. The number of carboxylic acid groups (broad SMARTS) is 1. The number of guanidine groups is 1. The Morgan fingerprint density at radius 1 is 0.850 bits per heavy atom. The number of carboxylic acids is 1. The van der Waals surface area contributed by atoms with Gasteiger partial charge in [0, 0.05) is 13.0 Å². The molecule has 4 unspecified atom stereocenters. The van der Waals surface area contributed by atoms with E-state index in [1.807, 2.05) is 13.8 Å². The largest absolute Gasteiger partial charge is 0.480 e. The van der Waals surface area contributed by atoms with Crippen molar-refractivity contribution in [2.24, 2.45) is 33.8 Å². The first-order chi connectivity index (χ1) is 18.9. The Labute approximate surface area is 235 Å². The van der Waals surface area contributed by atoms with Crippen LogP contribution in [0.2, 0.25) is 0 Å². The maximum atomic E-state index is 13.3. The number of hydrogen-bond donors (Lipinski definition) is 8. The van der Waals surface area contributed by atoms with Gasteiger partial charge in [-0.1, -0.05) is 44.2 Å². The lowest BCUT2D eigenvalue weighted by Crippen LogP contribution is -2.57. The summed E-state index contributed by atoms with van der Waals surface area (Å²) in [5, 5.41) is 17.6. The fourth-order valence-electron chi connectivity index (χ4n) is 4.02. The normalized spacial score (nSPS) is 13.9. The average molecular weight is 563 g/mol. The molecule has 0 aliphatic carbocycles. The number of unbranched alkanes of at least 4 members (excludes halogenated alkanes) is 1. The molecule has 0 spiro atoms. The summed E-state index contributed by atoms with van der Waals surface area (Å²) in [7, 11) is 0. The molecule has 13 nitrogen and oxygen atoms in total. The minimum Gasteiger partial charge on any atom is -0.480 e. The fraction of sp³-hybridized carbons (Fsp3) is 0.593. The highest BCUT2D eigenvalue weighted by Crippen LogP contribution is 2.09. The molecule has 3 amide bonds. The number of hydrogen-bond acceptors (Lipinski definition) is 7. The molecule has 13 heteroatoms. The van der Waals surface area contributed by atoms with Gasteiger partial charge in [-0.3, -0.25) is 19.4 Å². The van der Waals surface area contributed by atoms with E-state index in [1.165, 1.54) is 0 Å². The van der Waals surface area contributed by atoms with Crippen LogP contribution in [0.1, 0.15) is 57.9 Å². The molecule has 0 saturated carbocycles. The van der Waals surface area contributed by atoms with Crippen LogP contribution in [-0.2, 0) is 25.6 Å². The van der Waals surface area contributed by atoms with Crippen molar-refractivity contribution in [1.82, 2.24) is 16.0 Å². The molecule has 0 heterocycles. The summed E-state index contributed by atoms with van der Waals surface area (Å²) >= 11 is 0. The molecule has 224 valence electrons. The van der Waals surface area contributed by atoms with Crippen LogP contribution in [-0.4, -0.2) is 72.0 Å². The van der Waals surface area contributed by atoms with Gasteiger partial charge in [0.2, 0.25) is 17.7 Å². The van der Waals surface area contributed by atoms with Crippen molar-refractivity contribution < 1.29 is 24.3 Å². The maximum absolute atomic E-state index is 13.3. The number of nitrogens with zero attached hydrogens (tertiary/aromatic N) is 1. The molecule has 40 heavy (non-hydrogen) atoms. The monoisotopic (exact) mass is 562 g/mol. The molecule has 0 fully saturated rings. The second kappa shape index (κ2) is 18.6. The molecule has 1 rings (SSSR count). The van der Waals surface area contributed by atoms with E-state index in [0.717, 1.165) is 5.56 Å². The lowest BCUT2D eigenvalue weighted by Gasteiger charge is -2.25. The third kappa shape index (κ3) is 13.9. The number of nitrogens with two attached hydrogens (primary N) is 4. The van der Waals surface area contributed by atoms with Crippen LogP contribution in [0.25, 0.3) is 0 Å². The number of amides is 3. The third-order valence-electron chi connectivity index (χ3n) is 6.12. The Morgan fingerprint density at radius 3 is 1.93 bits per heavy atom. The van der Waals surface area contributed by atoms with Crippen LogP contribution in [0.15, 0.2) is 35.3 Å². The van der Waals surface area contributed by atoms with Gasteiger partial charge in [-0.05, 0) is 56.6 Å². The number of rotatable bonds is 19. The third-order valence-corrected chi connectivity index (χ3v) is 6.12. The quantitative estimate of drug-likeness (QED) is 0.0604. The van der Waals surface area contributed by atoms with Gasteiger partial charge < -0.3 is 44.0 Å². The number of aliphatic imine (C=N–C) groups is 1. The molecule has 0 saturated heterocycles. The zero-order valence-electron chi connectivity index (χ0n) is 23.5. The Balaban J connectivity index is 3.07. The summed E-state index contributed by atoms with van der Waals surface area (Å²) in [5.74, 6) is -2.87. The lowest BCUT2D eigenvalue weighted by molar-refractivity contribution is -0.142. The molecule has 12 N–H and O–H groups in total. The number of nitrogens with one attached hydrogen (secondary N) is 3. The first-order valence-electron chi connectivity index (χ1n) is 13.6. The number of carbonyl (C=O) groups excluding carboxylic acids is 3. The Morgan fingerprint density at radius 2 is 1.40 bits per heavy atom. The molecule has 0 bridgehead atoms. The minimum absolute atomic E-state index is 0.0576. The highest BCUT2D eigenvalue weighted by molar-refractivity contribution is 5.94. The van der Waals surface area contributed by atoms with Crippen molar-refractivity contribution in [1.29, 1.82) is 0 Å². The van der Waals surface area contributed by atoms with Crippen LogP contribution < -0.4 is 38.9 Å². The number of benzene rings is 1. The van der Waals surface area contributed by atoms with Gasteiger partial charge in [0.25, 0.3) is 0 Å². The zero-order valence-corrected chi connectivity index (χ0v) is 23.5. The predicted octanol–water partition coefficient (Wildman–Crippen LogP) is -0.676. The van der Waals surface area contributed by atoms with Crippen LogP contribution in [0.3, 0.4) is 0 Å². The summed E-state index contributed by atoms with van der Waals surface area (Å²) in [6.45, 7) is 4.50. The van der Waals surface area contributed by atoms with Gasteiger partial charge in [0.15, 0.2) is 5.96 Å². The maximum Gasteiger partial charge on any atom is 0.326 e. The van der Waals surface area contributed by atoms with Gasteiger partial charge >= 0.3 is 5.97 Å². The van der Waals surface area contributed by atoms with Crippen molar-refractivity contribution in [2.45, 2.75) is 83.0 Å². The SMILES string of the molecule is CC(C)CC(N)C(=O)NC(CCCCN)C(=O)NC(CCCN=C(N)N)C(=O)NC(Cc1ccccc1)C(=O)O. The zero-order chi connectivity index (χ0) is 30.1. The van der Waals surface area contributed by atoms with Gasteiger partial charge in [-0.25, -0.2) is 4.79 Å².